The van der Waals surface area contributed by atoms with Gasteiger partial charge in [0, 0.05) is 6.42 Å². The van der Waals surface area contributed by atoms with Crippen LogP contribution in [0.5, 0.6) is 0 Å². The largest absolute Gasteiger partial charge is 0.309 e. The second-order valence-corrected chi connectivity index (χ2v) is 4.65. The van der Waals surface area contributed by atoms with E-state index < -0.39 is 0 Å². The summed E-state index contributed by atoms with van der Waals surface area (Å²) in [6.45, 7) is 2.11. The van der Waals surface area contributed by atoms with Gasteiger partial charge in [0.1, 0.15) is 5.15 Å². The van der Waals surface area contributed by atoms with Crippen LogP contribution in [0.1, 0.15) is 26.2 Å². The summed E-state index contributed by atoms with van der Waals surface area (Å²) in [5.74, 6) is 0.392. The highest BCUT2D eigenvalue weighted by Gasteiger charge is 2.39. The van der Waals surface area contributed by atoms with Crippen LogP contribution in [0, 0.1) is 5.41 Å². The first-order chi connectivity index (χ1) is 7.07. The third-order valence-corrected chi connectivity index (χ3v) is 2.75. The third kappa shape index (κ3) is 2.89. The zero-order chi connectivity index (χ0) is 10.9. The second kappa shape index (κ2) is 3.77. The zero-order valence-corrected chi connectivity index (χ0v) is 9.21. The van der Waals surface area contributed by atoms with E-state index in [1.807, 2.05) is 0 Å². The molecule has 0 atom stereocenters. The molecule has 1 aromatic rings. The van der Waals surface area contributed by atoms with E-state index in [-0.39, 0.29) is 16.5 Å². The van der Waals surface area contributed by atoms with Gasteiger partial charge in [0.25, 0.3) is 0 Å². The van der Waals surface area contributed by atoms with Crippen molar-refractivity contribution in [1.29, 1.82) is 0 Å². The van der Waals surface area contributed by atoms with Gasteiger partial charge in [-0.15, -0.1) is 0 Å². The lowest BCUT2D eigenvalue weighted by Gasteiger charge is -2.07. The summed E-state index contributed by atoms with van der Waals surface area (Å²) in [5, 5.41) is 2.97. The number of aromatic nitrogens is 2. The van der Waals surface area contributed by atoms with Gasteiger partial charge in [-0.3, -0.25) is 9.78 Å². The minimum atomic E-state index is -0.0217. The van der Waals surface area contributed by atoms with Crippen molar-refractivity contribution >= 4 is 23.3 Å². The van der Waals surface area contributed by atoms with Gasteiger partial charge in [0.15, 0.2) is 5.82 Å². The Kier molecular flexibility index (Phi) is 2.61. The Labute approximate surface area is 93.1 Å². The van der Waals surface area contributed by atoms with E-state index in [2.05, 4.69) is 22.2 Å². The molecule has 0 aliphatic heterocycles. The fourth-order valence-electron chi connectivity index (χ4n) is 1.37. The number of carbonyl (C=O) groups excluding carboxylic acids is 1. The van der Waals surface area contributed by atoms with Gasteiger partial charge in [-0.1, -0.05) is 18.5 Å². The minimum Gasteiger partial charge on any atom is -0.309 e. The Balaban J connectivity index is 1.93. The van der Waals surface area contributed by atoms with Gasteiger partial charge < -0.3 is 5.32 Å². The topological polar surface area (TPSA) is 54.9 Å². The molecule has 1 N–H and O–H groups in total. The quantitative estimate of drug-likeness (QED) is 0.859. The summed E-state index contributed by atoms with van der Waals surface area (Å²) >= 11 is 5.65. The number of halogens is 1. The maximum Gasteiger partial charge on any atom is 0.226 e. The van der Waals surface area contributed by atoms with E-state index in [1.54, 1.807) is 0 Å². The molecule has 2 rings (SSSR count). The summed E-state index contributed by atoms with van der Waals surface area (Å²) in [6, 6.07) is 0. The van der Waals surface area contributed by atoms with Crippen molar-refractivity contribution in [1.82, 2.24) is 9.97 Å². The molecule has 1 fully saturated rings. The van der Waals surface area contributed by atoms with Crippen LogP contribution in [0.2, 0.25) is 5.15 Å². The Hall–Kier alpha value is -1.16. The lowest BCUT2D eigenvalue weighted by atomic mass is 10.1. The van der Waals surface area contributed by atoms with Gasteiger partial charge in [-0.2, -0.15) is 0 Å². The highest BCUT2D eigenvalue weighted by molar-refractivity contribution is 6.29. The summed E-state index contributed by atoms with van der Waals surface area (Å²) in [6.07, 6.45) is 5.71. The van der Waals surface area contributed by atoms with Crippen LogP contribution in [0.3, 0.4) is 0 Å². The number of anilines is 1. The molecule has 1 aliphatic carbocycles. The molecule has 0 aromatic carbocycles. The van der Waals surface area contributed by atoms with E-state index in [4.69, 9.17) is 11.6 Å². The molecule has 15 heavy (non-hydrogen) atoms. The molecule has 1 aliphatic rings. The van der Waals surface area contributed by atoms with Crippen LogP contribution in [-0.4, -0.2) is 15.9 Å². The predicted molar refractivity (Wildman–Crippen MR) is 57.6 cm³/mol. The van der Waals surface area contributed by atoms with Crippen LogP contribution in [0.4, 0.5) is 5.82 Å². The number of rotatable bonds is 3. The van der Waals surface area contributed by atoms with E-state index >= 15 is 0 Å². The normalized spacial score (nSPS) is 17.2. The molecule has 5 heteroatoms. The van der Waals surface area contributed by atoms with E-state index in [0.717, 1.165) is 12.8 Å². The van der Waals surface area contributed by atoms with Crippen LogP contribution in [0.15, 0.2) is 12.4 Å². The second-order valence-electron chi connectivity index (χ2n) is 4.26. The van der Waals surface area contributed by atoms with Crippen LogP contribution in [-0.2, 0) is 4.79 Å². The molecule has 0 bridgehead atoms. The Morgan fingerprint density at radius 1 is 1.60 bits per heavy atom. The summed E-state index contributed by atoms with van der Waals surface area (Å²) in [4.78, 5) is 19.3. The highest BCUT2D eigenvalue weighted by atomic mass is 35.5. The molecule has 0 radical (unpaired) electrons. The number of hydrogen-bond donors (Lipinski definition) is 1. The predicted octanol–water partition coefficient (Wildman–Crippen LogP) is 2.26. The maximum atomic E-state index is 11.6. The standard InChI is InChI=1S/C10H12ClN3O/c1-10(2-3-10)4-9(15)14-8-6-12-5-7(11)13-8/h5-6H,2-4H2,1H3,(H,13,14,15). The highest BCUT2D eigenvalue weighted by Crippen LogP contribution is 2.48. The smallest absolute Gasteiger partial charge is 0.226 e. The minimum absolute atomic E-state index is 0.0217. The number of hydrogen-bond acceptors (Lipinski definition) is 3. The first-order valence-corrected chi connectivity index (χ1v) is 5.23. The molecule has 0 spiro atoms. The lowest BCUT2D eigenvalue weighted by Crippen LogP contribution is -2.16. The van der Waals surface area contributed by atoms with E-state index in [0.29, 0.717) is 12.2 Å². The number of amides is 1. The zero-order valence-electron chi connectivity index (χ0n) is 8.46. The summed E-state index contributed by atoms with van der Waals surface area (Å²) in [7, 11) is 0. The molecular formula is C10H12ClN3O. The van der Waals surface area contributed by atoms with Crippen LogP contribution in [0.25, 0.3) is 0 Å². The van der Waals surface area contributed by atoms with Crippen molar-refractivity contribution in [3.63, 3.8) is 0 Å². The molecule has 1 amide bonds. The van der Waals surface area contributed by atoms with Crippen molar-refractivity contribution in [2.75, 3.05) is 5.32 Å². The van der Waals surface area contributed by atoms with Gasteiger partial charge in [0.2, 0.25) is 5.91 Å². The Morgan fingerprint density at radius 3 is 2.93 bits per heavy atom. The van der Waals surface area contributed by atoms with Crippen molar-refractivity contribution in [3.8, 4) is 0 Å². The first kappa shape index (κ1) is 10.4. The number of nitrogens with zero attached hydrogens (tertiary/aromatic N) is 2. The fourth-order valence-corrected chi connectivity index (χ4v) is 1.51. The van der Waals surface area contributed by atoms with E-state index in [1.165, 1.54) is 12.4 Å². The molecule has 1 saturated carbocycles. The van der Waals surface area contributed by atoms with Gasteiger partial charge >= 0.3 is 0 Å². The number of carbonyl (C=O) groups is 1. The SMILES string of the molecule is CC1(CC(=O)Nc2cncc(Cl)n2)CC1. The molecule has 1 aromatic heterocycles. The fraction of sp³-hybridized carbons (Fsp3) is 0.500. The molecule has 0 saturated heterocycles. The molecular weight excluding hydrogens is 214 g/mol. The van der Waals surface area contributed by atoms with Crippen molar-refractivity contribution < 1.29 is 4.79 Å². The monoisotopic (exact) mass is 225 g/mol. The van der Waals surface area contributed by atoms with Gasteiger partial charge in [-0.25, -0.2) is 4.98 Å². The summed E-state index contributed by atoms with van der Waals surface area (Å²) < 4.78 is 0. The third-order valence-electron chi connectivity index (χ3n) is 2.56. The average molecular weight is 226 g/mol. The molecule has 80 valence electrons. The molecule has 0 unspecified atom stereocenters. The molecule has 4 nitrogen and oxygen atoms in total. The molecule has 1 heterocycles. The first-order valence-electron chi connectivity index (χ1n) is 4.85. The Bertz CT molecular complexity index is 390. The van der Waals surface area contributed by atoms with Crippen molar-refractivity contribution in [2.45, 2.75) is 26.2 Å². The average Bonchev–Trinajstić information content (AvgIpc) is 2.82. The van der Waals surface area contributed by atoms with Crippen LogP contribution >= 0.6 is 11.6 Å². The van der Waals surface area contributed by atoms with Crippen molar-refractivity contribution in [3.05, 3.63) is 17.5 Å². The van der Waals surface area contributed by atoms with Crippen molar-refractivity contribution in [2.24, 2.45) is 5.41 Å². The van der Waals surface area contributed by atoms with Crippen LogP contribution < -0.4 is 5.32 Å². The Morgan fingerprint density at radius 2 is 2.33 bits per heavy atom. The lowest BCUT2D eigenvalue weighted by molar-refractivity contribution is -0.117. The number of nitrogens with one attached hydrogen (secondary N) is 1. The maximum absolute atomic E-state index is 11.6. The summed E-state index contributed by atoms with van der Waals surface area (Å²) in [5.41, 5.74) is 0.204. The van der Waals surface area contributed by atoms with Gasteiger partial charge in [0.05, 0.1) is 12.4 Å². The van der Waals surface area contributed by atoms with E-state index in [9.17, 15) is 4.79 Å². The van der Waals surface area contributed by atoms with Gasteiger partial charge in [-0.05, 0) is 18.3 Å².